The van der Waals surface area contributed by atoms with Crippen molar-refractivity contribution in [3.63, 3.8) is 0 Å². The van der Waals surface area contributed by atoms with Gasteiger partial charge in [-0.2, -0.15) is 10.4 Å². The van der Waals surface area contributed by atoms with E-state index in [4.69, 9.17) is 14.2 Å². The van der Waals surface area contributed by atoms with Crippen LogP contribution in [-0.2, 0) is 9.47 Å². The number of benzene rings is 2. The Morgan fingerprint density at radius 2 is 1.77 bits per heavy atom. The summed E-state index contributed by atoms with van der Waals surface area (Å²) >= 11 is 0. The highest BCUT2D eigenvalue weighted by Gasteiger charge is 2.15. The van der Waals surface area contributed by atoms with E-state index in [-0.39, 0.29) is 12.1 Å². The van der Waals surface area contributed by atoms with Crippen molar-refractivity contribution in [2.75, 3.05) is 19.8 Å². The van der Waals surface area contributed by atoms with E-state index in [0.717, 1.165) is 35.5 Å². The van der Waals surface area contributed by atoms with E-state index in [1.807, 2.05) is 69.3 Å². The number of aryl methyl sites for hydroxylation is 1. The van der Waals surface area contributed by atoms with E-state index in [2.05, 4.69) is 16.2 Å². The largest absolute Gasteiger partial charge is 0.494 e. The quantitative estimate of drug-likeness (QED) is 0.184. The van der Waals surface area contributed by atoms with Crippen molar-refractivity contribution in [3.05, 3.63) is 95.9 Å². The summed E-state index contributed by atoms with van der Waals surface area (Å²) in [7, 11) is 0. The predicted molar refractivity (Wildman–Crippen MR) is 154 cm³/mol. The van der Waals surface area contributed by atoms with E-state index in [1.54, 1.807) is 42.2 Å². The number of hydrogen-bond acceptors (Lipinski definition) is 7. The third-order valence-corrected chi connectivity index (χ3v) is 5.86. The summed E-state index contributed by atoms with van der Waals surface area (Å²) in [5, 5.41) is 13.8. The molecule has 4 aromatic rings. The van der Waals surface area contributed by atoms with Gasteiger partial charge in [0.05, 0.1) is 31.2 Å². The first-order valence-electron chi connectivity index (χ1n) is 13.5. The summed E-state index contributed by atoms with van der Waals surface area (Å²) in [6.07, 6.45) is 5.13. The Hall–Kier alpha value is -4.32. The van der Waals surface area contributed by atoms with Gasteiger partial charge in [0.25, 0.3) is 0 Å². The molecule has 5 rings (SSSR count). The SMILES string of the molecule is CC.CC(=O)c1ccc(OCCCC2OCCO2)cc1.Cc1ccc(-n2nc(-c3cccnc3)cc2C#N)cc1. The maximum Gasteiger partial charge on any atom is 0.159 e. The first-order valence-corrected chi connectivity index (χ1v) is 13.5. The van der Waals surface area contributed by atoms with Crippen molar-refractivity contribution >= 4 is 5.78 Å². The lowest BCUT2D eigenvalue weighted by atomic mass is 10.1. The molecule has 2 aromatic heterocycles. The van der Waals surface area contributed by atoms with Crippen LogP contribution in [0.5, 0.6) is 5.75 Å². The van der Waals surface area contributed by atoms with Crippen molar-refractivity contribution in [1.82, 2.24) is 14.8 Å². The summed E-state index contributed by atoms with van der Waals surface area (Å²) in [6, 6.07) is 22.8. The zero-order chi connectivity index (χ0) is 28.7. The number of ether oxygens (including phenoxy) is 3. The molecule has 8 nitrogen and oxygen atoms in total. The monoisotopic (exact) mass is 540 g/mol. The number of pyridine rings is 1. The first-order chi connectivity index (χ1) is 19.5. The standard InChI is InChI=1S/C16H12N4.C14H18O4.C2H6/c1-12-4-6-14(7-5-12)20-15(10-17)9-16(19-20)13-3-2-8-18-11-13;1-11(15)12-4-6-13(7-5-12)16-8-2-3-14-17-9-10-18-14;1-2/h2-9,11H,1H3;4-7,14H,2-3,8-10H2,1H3;1-2H3. The topological polar surface area (TPSA) is 99.3 Å². The van der Waals surface area contributed by atoms with Crippen molar-refractivity contribution < 1.29 is 19.0 Å². The molecule has 40 heavy (non-hydrogen) atoms. The van der Waals surface area contributed by atoms with Crippen LogP contribution >= 0.6 is 0 Å². The molecule has 0 radical (unpaired) electrons. The summed E-state index contributed by atoms with van der Waals surface area (Å²) in [5.74, 6) is 0.852. The Labute approximate surface area is 236 Å². The van der Waals surface area contributed by atoms with E-state index >= 15 is 0 Å². The lowest BCUT2D eigenvalue weighted by Crippen LogP contribution is -2.09. The van der Waals surface area contributed by atoms with Crippen LogP contribution in [0.3, 0.4) is 0 Å². The minimum absolute atomic E-state index is 0.0614. The summed E-state index contributed by atoms with van der Waals surface area (Å²) in [4.78, 5) is 15.2. The molecule has 0 bridgehead atoms. The van der Waals surface area contributed by atoms with Gasteiger partial charge in [0.1, 0.15) is 17.5 Å². The van der Waals surface area contributed by atoms with Crippen LogP contribution in [0.15, 0.2) is 79.1 Å². The molecule has 2 aromatic carbocycles. The summed E-state index contributed by atoms with van der Waals surface area (Å²) in [5.41, 5.74) is 4.90. The number of carbonyl (C=O) groups excluding carboxylic acids is 1. The molecule has 1 fully saturated rings. The van der Waals surface area contributed by atoms with Crippen molar-refractivity contribution in [3.8, 4) is 28.8 Å². The van der Waals surface area contributed by atoms with Crippen molar-refractivity contribution in [2.24, 2.45) is 0 Å². The van der Waals surface area contributed by atoms with Gasteiger partial charge in [0.15, 0.2) is 12.1 Å². The molecule has 0 atom stereocenters. The third-order valence-electron chi connectivity index (χ3n) is 5.86. The van der Waals surface area contributed by atoms with Crippen LogP contribution in [-0.4, -0.2) is 46.7 Å². The third kappa shape index (κ3) is 8.87. The molecular weight excluding hydrogens is 504 g/mol. The van der Waals surface area contributed by atoms with Gasteiger partial charge < -0.3 is 14.2 Å². The molecule has 1 saturated heterocycles. The van der Waals surface area contributed by atoms with Gasteiger partial charge in [-0.1, -0.05) is 31.5 Å². The molecule has 0 saturated carbocycles. The second-order valence-electron chi connectivity index (χ2n) is 8.76. The van der Waals surface area contributed by atoms with Crippen LogP contribution in [0.2, 0.25) is 0 Å². The van der Waals surface area contributed by atoms with Gasteiger partial charge >= 0.3 is 0 Å². The Bertz CT molecular complexity index is 1360. The number of ketones is 1. The molecule has 208 valence electrons. The summed E-state index contributed by atoms with van der Waals surface area (Å²) < 4.78 is 17.9. The number of nitrogens with zero attached hydrogens (tertiary/aromatic N) is 4. The van der Waals surface area contributed by atoms with Gasteiger partial charge in [0, 0.05) is 36.0 Å². The average Bonchev–Trinajstić information content (AvgIpc) is 3.68. The maximum atomic E-state index is 11.1. The second-order valence-corrected chi connectivity index (χ2v) is 8.76. The van der Waals surface area contributed by atoms with Crippen LogP contribution in [0.1, 0.15) is 55.2 Å². The van der Waals surface area contributed by atoms with E-state index < -0.39 is 0 Å². The number of carbonyl (C=O) groups is 1. The normalized spacial score (nSPS) is 12.4. The molecular formula is C32H36N4O4. The maximum absolute atomic E-state index is 11.1. The highest BCUT2D eigenvalue weighted by molar-refractivity contribution is 5.94. The molecule has 1 aliphatic heterocycles. The van der Waals surface area contributed by atoms with Crippen LogP contribution in [0, 0.1) is 18.3 Å². The van der Waals surface area contributed by atoms with Crippen LogP contribution in [0.4, 0.5) is 0 Å². The highest BCUT2D eigenvalue weighted by Crippen LogP contribution is 2.21. The van der Waals surface area contributed by atoms with E-state index in [1.165, 1.54) is 5.56 Å². The van der Waals surface area contributed by atoms with E-state index in [9.17, 15) is 10.1 Å². The van der Waals surface area contributed by atoms with Gasteiger partial charge in [-0.3, -0.25) is 9.78 Å². The molecule has 0 spiro atoms. The van der Waals surface area contributed by atoms with Gasteiger partial charge in [-0.15, -0.1) is 0 Å². The second kappa shape index (κ2) is 15.9. The fourth-order valence-electron chi connectivity index (χ4n) is 3.80. The van der Waals surface area contributed by atoms with Gasteiger partial charge in [-0.25, -0.2) is 4.68 Å². The number of rotatable bonds is 8. The number of hydrogen-bond donors (Lipinski definition) is 0. The molecule has 3 heterocycles. The van der Waals surface area contributed by atoms with Gasteiger partial charge in [-0.05, 0) is 68.8 Å². The van der Waals surface area contributed by atoms with Crippen LogP contribution < -0.4 is 4.74 Å². The lowest BCUT2D eigenvalue weighted by Gasteiger charge is -2.09. The Kier molecular flexibility index (Phi) is 12.0. The molecule has 0 aliphatic carbocycles. The Balaban J connectivity index is 0.000000209. The van der Waals surface area contributed by atoms with Crippen molar-refractivity contribution in [1.29, 1.82) is 5.26 Å². The molecule has 0 unspecified atom stereocenters. The Morgan fingerprint density at radius 3 is 2.38 bits per heavy atom. The minimum Gasteiger partial charge on any atom is -0.494 e. The zero-order valence-corrected chi connectivity index (χ0v) is 23.5. The predicted octanol–water partition coefficient (Wildman–Crippen LogP) is 6.56. The number of Topliss-reactive ketones (excluding diaryl/α,β-unsaturated/α-hetero) is 1. The number of nitriles is 1. The lowest BCUT2D eigenvalue weighted by molar-refractivity contribution is -0.0493. The average molecular weight is 541 g/mol. The van der Waals surface area contributed by atoms with E-state index in [0.29, 0.717) is 31.1 Å². The fourth-order valence-corrected chi connectivity index (χ4v) is 3.80. The molecule has 0 amide bonds. The van der Waals surface area contributed by atoms with Crippen molar-refractivity contribution in [2.45, 2.75) is 46.8 Å². The summed E-state index contributed by atoms with van der Waals surface area (Å²) in [6.45, 7) is 9.59. The number of aromatic nitrogens is 3. The molecule has 8 heteroatoms. The molecule has 1 aliphatic rings. The Morgan fingerprint density at radius 1 is 1.07 bits per heavy atom. The van der Waals surface area contributed by atoms with Gasteiger partial charge in [0.2, 0.25) is 0 Å². The highest BCUT2D eigenvalue weighted by atomic mass is 16.7. The molecule has 0 N–H and O–H groups in total. The smallest absolute Gasteiger partial charge is 0.159 e. The first kappa shape index (κ1) is 30.2. The minimum atomic E-state index is -0.0614. The fraction of sp³-hybridized carbons (Fsp3) is 0.312. The van der Waals surface area contributed by atoms with Crippen LogP contribution in [0.25, 0.3) is 16.9 Å². The zero-order valence-electron chi connectivity index (χ0n) is 23.5.